The van der Waals surface area contributed by atoms with Crippen molar-refractivity contribution in [3.8, 4) is 11.1 Å². The molecular weight excluding hydrogens is 174 g/mol. The lowest BCUT2D eigenvalue weighted by Crippen LogP contribution is -2.20. The van der Waals surface area contributed by atoms with Gasteiger partial charge in [0.25, 0.3) is 0 Å². The Bertz CT molecular complexity index is 422. The summed E-state index contributed by atoms with van der Waals surface area (Å²) in [7, 11) is 0.788. The van der Waals surface area contributed by atoms with E-state index < -0.39 is 0 Å². The van der Waals surface area contributed by atoms with Gasteiger partial charge in [-0.15, -0.1) is 0 Å². The van der Waals surface area contributed by atoms with Crippen LogP contribution < -0.4 is 10.4 Å². The van der Waals surface area contributed by atoms with Crippen molar-refractivity contribution in [3.05, 3.63) is 42.7 Å². The zero-order chi connectivity index (χ0) is 8.67. The summed E-state index contributed by atoms with van der Waals surface area (Å²) in [5.41, 5.74) is 2.75. The van der Waals surface area contributed by atoms with Crippen molar-refractivity contribution < 1.29 is 0 Å². The Kier molecular flexibility index (Phi) is 1.37. The quantitative estimate of drug-likeness (QED) is 0.466. The largest absolute Gasteiger partial charge is 0.265 e. The Morgan fingerprint density at radius 2 is 1.77 bits per heavy atom. The summed E-state index contributed by atoms with van der Waals surface area (Å²) in [6.45, 7) is 0. The van der Waals surface area contributed by atoms with Crippen LogP contribution in [-0.2, 0) is 0 Å². The van der Waals surface area contributed by atoms with E-state index in [1.165, 1.54) is 21.5 Å². The minimum Gasteiger partial charge on any atom is -0.265 e. The minimum absolute atomic E-state index is 0.788. The van der Waals surface area contributed by atoms with Crippen LogP contribution in [0.3, 0.4) is 0 Å². The summed E-state index contributed by atoms with van der Waals surface area (Å²) in [6, 6.07) is 10.7. The van der Waals surface area contributed by atoms with Gasteiger partial charge in [0.05, 0.1) is 0 Å². The summed E-state index contributed by atoms with van der Waals surface area (Å²) in [6.07, 6.45) is 3.85. The molecule has 13 heavy (non-hydrogen) atoms. The van der Waals surface area contributed by atoms with Crippen LogP contribution in [-0.4, -0.2) is 14.5 Å². The van der Waals surface area contributed by atoms with Crippen molar-refractivity contribution >= 4 is 19.9 Å². The summed E-state index contributed by atoms with van der Waals surface area (Å²) in [5, 5.41) is 2.83. The molecule has 2 heteroatoms. The third-order valence-corrected chi connectivity index (χ3v) is 3.68. The smallest absolute Gasteiger partial charge is 0.125 e. The molecule has 0 atom stereocenters. The molecule has 60 valence electrons. The summed E-state index contributed by atoms with van der Waals surface area (Å²) in [5.74, 6) is 0. The number of rotatable bonds is 0. The molecule has 1 nitrogen and oxygen atoms in total. The maximum atomic E-state index is 4.15. The molecule has 0 bridgehead atoms. The molecule has 1 aromatic heterocycles. The monoisotopic (exact) mass is 181 g/mol. The van der Waals surface area contributed by atoms with Crippen LogP contribution in [0.25, 0.3) is 11.1 Å². The molecular formula is C11H7NSi. The van der Waals surface area contributed by atoms with Crippen LogP contribution >= 0.6 is 0 Å². The van der Waals surface area contributed by atoms with Crippen LogP contribution in [0.15, 0.2) is 42.7 Å². The third kappa shape index (κ3) is 0.955. The first-order chi connectivity index (χ1) is 6.45. The fourth-order valence-electron chi connectivity index (χ4n) is 1.70. The highest BCUT2D eigenvalue weighted by Crippen LogP contribution is 2.17. The van der Waals surface area contributed by atoms with Crippen LogP contribution in [0.4, 0.5) is 0 Å². The van der Waals surface area contributed by atoms with Crippen molar-refractivity contribution in [3.63, 3.8) is 0 Å². The van der Waals surface area contributed by atoms with Crippen molar-refractivity contribution in [2.75, 3.05) is 0 Å². The lowest BCUT2D eigenvalue weighted by molar-refractivity contribution is 1.35. The van der Waals surface area contributed by atoms with Crippen LogP contribution in [0, 0.1) is 0 Å². The van der Waals surface area contributed by atoms with Crippen LogP contribution in [0.1, 0.15) is 0 Å². The summed E-state index contributed by atoms with van der Waals surface area (Å²) < 4.78 is 0. The molecule has 0 unspecified atom stereocenters. The van der Waals surface area contributed by atoms with Gasteiger partial charge in [-0.05, 0) is 22.4 Å². The normalized spacial score (nSPS) is 12.3. The molecule has 0 N–H and O–H groups in total. The lowest BCUT2D eigenvalue weighted by Gasteiger charge is -1.98. The first kappa shape index (κ1) is 7.03. The number of aromatic nitrogens is 1. The van der Waals surface area contributed by atoms with E-state index in [0.717, 1.165) is 9.52 Å². The highest BCUT2D eigenvalue weighted by molar-refractivity contribution is 6.73. The standard InChI is InChI=1S/C11H7NSi/c1-2-4-10-8(3-1)9-5-6-12-7-11(9)13-10/h1-7H. The van der Waals surface area contributed by atoms with Crippen LogP contribution in [0.5, 0.6) is 0 Å². The number of hydrogen-bond acceptors (Lipinski definition) is 1. The first-order valence-electron chi connectivity index (χ1n) is 4.25. The van der Waals surface area contributed by atoms with Gasteiger partial charge >= 0.3 is 0 Å². The number of hydrogen-bond donors (Lipinski definition) is 0. The van der Waals surface area contributed by atoms with E-state index in [2.05, 4.69) is 35.3 Å². The van der Waals surface area contributed by atoms with Gasteiger partial charge in [0, 0.05) is 12.4 Å². The molecule has 2 heterocycles. The Hall–Kier alpha value is -1.41. The van der Waals surface area contributed by atoms with Gasteiger partial charge in [-0.1, -0.05) is 29.5 Å². The van der Waals surface area contributed by atoms with Gasteiger partial charge in [-0.25, -0.2) is 0 Å². The number of benzene rings is 1. The maximum Gasteiger partial charge on any atom is 0.125 e. The minimum atomic E-state index is 0.788. The zero-order valence-corrected chi connectivity index (χ0v) is 7.99. The van der Waals surface area contributed by atoms with Crippen molar-refractivity contribution in [2.24, 2.45) is 0 Å². The van der Waals surface area contributed by atoms with Gasteiger partial charge in [-0.3, -0.25) is 4.98 Å². The van der Waals surface area contributed by atoms with Gasteiger partial charge in [0.2, 0.25) is 0 Å². The molecule has 1 aromatic carbocycles. The highest BCUT2D eigenvalue weighted by atomic mass is 28.2. The van der Waals surface area contributed by atoms with E-state index in [1.807, 2.05) is 12.4 Å². The zero-order valence-electron chi connectivity index (χ0n) is 6.99. The Morgan fingerprint density at radius 1 is 0.923 bits per heavy atom. The molecule has 0 saturated carbocycles. The van der Waals surface area contributed by atoms with Crippen molar-refractivity contribution in [1.29, 1.82) is 0 Å². The third-order valence-electron chi connectivity index (χ3n) is 2.31. The highest BCUT2D eigenvalue weighted by Gasteiger charge is 2.17. The van der Waals surface area contributed by atoms with Crippen molar-refractivity contribution in [1.82, 2.24) is 4.98 Å². The topological polar surface area (TPSA) is 12.9 Å². The van der Waals surface area contributed by atoms with Gasteiger partial charge in [0.15, 0.2) is 0 Å². The molecule has 0 fully saturated rings. The van der Waals surface area contributed by atoms with E-state index >= 15 is 0 Å². The fourth-order valence-corrected chi connectivity index (χ4v) is 3.02. The molecule has 0 aliphatic carbocycles. The van der Waals surface area contributed by atoms with Gasteiger partial charge < -0.3 is 0 Å². The molecule has 0 spiro atoms. The molecule has 1 aliphatic rings. The van der Waals surface area contributed by atoms with Gasteiger partial charge in [0.1, 0.15) is 9.52 Å². The predicted molar refractivity (Wildman–Crippen MR) is 54.7 cm³/mol. The Balaban J connectivity index is 2.32. The van der Waals surface area contributed by atoms with E-state index in [-0.39, 0.29) is 0 Å². The molecule has 0 saturated heterocycles. The lowest BCUT2D eigenvalue weighted by atomic mass is 10.1. The van der Waals surface area contributed by atoms with Gasteiger partial charge in [-0.2, -0.15) is 0 Å². The van der Waals surface area contributed by atoms with E-state index in [4.69, 9.17) is 0 Å². The second-order valence-corrected chi connectivity index (χ2v) is 4.42. The average molecular weight is 181 g/mol. The molecule has 1 aliphatic heterocycles. The Morgan fingerprint density at radius 3 is 2.77 bits per heavy atom. The molecule has 0 amide bonds. The number of nitrogens with zero attached hydrogens (tertiary/aromatic N) is 1. The molecule has 3 rings (SSSR count). The molecule has 2 radical (unpaired) electrons. The Labute approximate surface area is 79.3 Å². The fraction of sp³-hybridized carbons (Fsp3) is 0. The summed E-state index contributed by atoms with van der Waals surface area (Å²) in [4.78, 5) is 4.15. The number of pyridine rings is 1. The predicted octanol–water partition coefficient (Wildman–Crippen LogP) is 0.717. The van der Waals surface area contributed by atoms with Crippen molar-refractivity contribution in [2.45, 2.75) is 0 Å². The first-order valence-corrected chi connectivity index (χ1v) is 5.25. The van der Waals surface area contributed by atoms with E-state index in [9.17, 15) is 0 Å². The average Bonchev–Trinajstić information content (AvgIpc) is 2.56. The maximum absolute atomic E-state index is 4.15. The van der Waals surface area contributed by atoms with E-state index in [0.29, 0.717) is 0 Å². The SMILES string of the molecule is c1ccc2c(c1)[Si]c1cnccc1-2. The summed E-state index contributed by atoms with van der Waals surface area (Å²) >= 11 is 0. The van der Waals surface area contributed by atoms with Crippen LogP contribution in [0.2, 0.25) is 0 Å². The van der Waals surface area contributed by atoms with E-state index in [1.54, 1.807) is 0 Å². The second kappa shape index (κ2) is 2.54. The number of fused-ring (bicyclic) bond motifs is 3. The second-order valence-electron chi connectivity index (χ2n) is 3.09. The molecule has 2 aromatic rings.